The van der Waals surface area contributed by atoms with Crippen LogP contribution in [0, 0.1) is 13.8 Å². The minimum atomic E-state index is 0.583. The van der Waals surface area contributed by atoms with Gasteiger partial charge in [-0.25, -0.2) is 4.98 Å². The van der Waals surface area contributed by atoms with Gasteiger partial charge in [-0.1, -0.05) is 24.2 Å². The van der Waals surface area contributed by atoms with Crippen molar-refractivity contribution in [2.24, 2.45) is 5.16 Å². The highest BCUT2D eigenvalue weighted by Crippen LogP contribution is 2.28. The Bertz CT molecular complexity index is 853. The highest BCUT2D eigenvalue weighted by atomic mass is 16.6. The summed E-state index contributed by atoms with van der Waals surface area (Å²) in [7, 11) is 1.55. The first-order valence-corrected chi connectivity index (χ1v) is 11.3. The van der Waals surface area contributed by atoms with Crippen LogP contribution in [-0.4, -0.2) is 37.6 Å². The summed E-state index contributed by atoms with van der Waals surface area (Å²) in [5.74, 6) is 2.45. The maximum Gasteiger partial charge on any atom is 0.213 e. The predicted octanol–water partition coefficient (Wildman–Crippen LogP) is 6.04. The Labute approximate surface area is 192 Å². The van der Waals surface area contributed by atoms with Crippen LogP contribution in [0.25, 0.3) is 0 Å². The number of hydrogen-bond donors (Lipinski definition) is 0. The van der Waals surface area contributed by atoms with E-state index in [1.54, 1.807) is 13.3 Å². The molecule has 0 saturated carbocycles. The van der Waals surface area contributed by atoms with E-state index in [9.17, 15) is 0 Å². The van der Waals surface area contributed by atoms with E-state index >= 15 is 0 Å². The quantitative estimate of drug-likeness (QED) is 0.155. The highest BCUT2D eigenvalue weighted by molar-refractivity contribution is 5.99. The number of unbranched alkanes of at least 4 members (excludes halogenated alkanes) is 2. The van der Waals surface area contributed by atoms with Crippen LogP contribution in [0.2, 0.25) is 0 Å². The molecule has 6 nitrogen and oxygen atoms in total. The Hall–Kier alpha value is -3.02. The summed E-state index contributed by atoms with van der Waals surface area (Å²) >= 11 is 0. The lowest BCUT2D eigenvalue weighted by Crippen LogP contribution is -2.04. The molecule has 2 rings (SSSR count). The summed E-state index contributed by atoms with van der Waals surface area (Å²) in [5.41, 5.74) is 4.01. The smallest absolute Gasteiger partial charge is 0.213 e. The largest absolute Gasteiger partial charge is 0.493 e. The predicted molar refractivity (Wildman–Crippen MR) is 129 cm³/mol. The fourth-order valence-corrected chi connectivity index (χ4v) is 3.26. The second-order valence-corrected chi connectivity index (χ2v) is 7.48. The second-order valence-electron chi connectivity index (χ2n) is 7.48. The van der Waals surface area contributed by atoms with Gasteiger partial charge in [0.25, 0.3) is 0 Å². The third-order valence-corrected chi connectivity index (χ3v) is 4.91. The van der Waals surface area contributed by atoms with Crippen LogP contribution >= 0.6 is 0 Å². The van der Waals surface area contributed by atoms with Gasteiger partial charge in [0.05, 0.1) is 18.9 Å². The summed E-state index contributed by atoms with van der Waals surface area (Å²) in [6, 6.07) is 7.89. The lowest BCUT2D eigenvalue weighted by atomic mass is 10.1. The van der Waals surface area contributed by atoms with E-state index < -0.39 is 0 Å². The van der Waals surface area contributed by atoms with Gasteiger partial charge in [-0.05, 0) is 75.8 Å². The molecule has 0 fully saturated rings. The molecule has 0 radical (unpaired) electrons. The Balaban J connectivity index is 1.68. The van der Waals surface area contributed by atoms with Crippen molar-refractivity contribution >= 4 is 5.71 Å². The lowest BCUT2D eigenvalue weighted by Gasteiger charge is -2.14. The van der Waals surface area contributed by atoms with Gasteiger partial charge in [0.15, 0.2) is 0 Å². The summed E-state index contributed by atoms with van der Waals surface area (Å²) in [6.45, 7) is 10.0. The van der Waals surface area contributed by atoms with E-state index in [0.717, 1.165) is 59.6 Å². The standard InChI is InChI=1S/C26H36N2O4/c1-6-8-14-30-23-17-20(3)26(21(4)18-23)32-16-11-9-10-15-31-25-13-12-22(19-27-25)24(7-2)28-29-5/h6,8,12-13,17-19H,7,9-11,14-16H2,1-5H3/b8-6+,28-24+. The Morgan fingerprint density at radius 2 is 1.72 bits per heavy atom. The number of allylic oxidation sites excluding steroid dienone is 1. The van der Waals surface area contributed by atoms with Crippen molar-refractivity contribution in [3.63, 3.8) is 0 Å². The first-order valence-electron chi connectivity index (χ1n) is 11.3. The number of aryl methyl sites for hydroxylation is 2. The third kappa shape index (κ3) is 8.25. The van der Waals surface area contributed by atoms with Crippen LogP contribution in [-0.2, 0) is 4.84 Å². The number of nitrogens with zero attached hydrogens (tertiary/aromatic N) is 2. The molecule has 0 saturated heterocycles. The van der Waals surface area contributed by atoms with E-state index in [2.05, 4.69) is 24.0 Å². The molecular weight excluding hydrogens is 404 g/mol. The van der Waals surface area contributed by atoms with Crippen LogP contribution in [0.1, 0.15) is 56.2 Å². The van der Waals surface area contributed by atoms with Crippen LogP contribution in [0.4, 0.5) is 0 Å². The zero-order valence-electron chi connectivity index (χ0n) is 20.0. The summed E-state index contributed by atoms with van der Waals surface area (Å²) in [5, 5.41) is 4.01. The van der Waals surface area contributed by atoms with Crippen molar-refractivity contribution in [1.82, 2.24) is 4.98 Å². The van der Waals surface area contributed by atoms with Gasteiger partial charge in [0, 0.05) is 17.8 Å². The number of hydrogen-bond acceptors (Lipinski definition) is 6. The molecule has 32 heavy (non-hydrogen) atoms. The van der Waals surface area contributed by atoms with Gasteiger partial charge in [-0.3, -0.25) is 0 Å². The first-order chi connectivity index (χ1) is 15.6. The molecule has 0 bridgehead atoms. The van der Waals surface area contributed by atoms with Crippen LogP contribution < -0.4 is 14.2 Å². The highest BCUT2D eigenvalue weighted by Gasteiger charge is 2.07. The van der Waals surface area contributed by atoms with Crippen LogP contribution in [0.15, 0.2) is 47.8 Å². The monoisotopic (exact) mass is 440 g/mol. The normalized spacial score (nSPS) is 11.6. The SMILES string of the molecule is C/C=C/COc1cc(C)c(OCCCCCOc2ccc(/C(CC)=N/OC)cn2)c(C)c1. The average Bonchev–Trinajstić information content (AvgIpc) is 2.79. The maximum atomic E-state index is 6.03. The molecule has 0 aliphatic carbocycles. The van der Waals surface area contributed by atoms with Gasteiger partial charge in [0.2, 0.25) is 5.88 Å². The number of aromatic nitrogens is 1. The van der Waals surface area contributed by atoms with Crippen LogP contribution in [0.5, 0.6) is 17.4 Å². The zero-order chi connectivity index (χ0) is 23.2. The van der Waals surface area contributed by atoms with E-state index in [1.165, 1.54) is 0 Å². The van der Waals surface area contributed by atoms with E-state index in [1.807, 2.05) is 50.3 Å². The summed E-state index contributed by atoms with van der Waals surface area (Å²) < 4.78 is 17.5. The minimum Gasteiger partial charge on any atom is -0.493 e. The molecule has 0 N–H and O–H groups in total. The lowest BCUT2D eigenvalue weighted by molar-refractivity contribution is 0.213. The Morgan fingerprint density at radius 1 is 1.00 bits per heavy atom. The molecule has 1 aromatic heterocycles. The minimum absolute atomic E-state index is 0.583. The summed E-state index contributed by atoms with van der Waals surface area (Å²) in [4.78, 5) is 9.22. The van der Waals surface area contributed by atoms with Gasteiger partial charge >= 0.3 is 0 Å². The number of benzene rings is 1. The average molecular weight is 441 g/mol. The number of pyridine rings is 1. The van der Waals surface area contributed by atoms with Gasteiger partial charge < -0.3 is 19.0 Å². The number of rotatable bonds is 14. The third-order valence-electron chi connectivity index (χ3n) is 4.91. The van der Waals surface area contributed by atoms with Crippen molar-refractivity contribution in [3.8, 4) is 17.4 Å². The molecule has 6 heteroatoms. The van der Waals surface area contributed by atoms with E-state index in [-0.39, 0.29) is 0 Å². The Kier molecular flexibility index (Phi) is 11.1. The molecule has 1 aromatic carbocycles. The molecule has 0 unspecified atom stereocenters. The van der Waals surface area contributed by atoms with E-state index in [4.69, 9.17) is 19.0 Å². The van der Waals surface area contributed by atoms with Crippen molar-refractivity contribution in [2.45, 2.75) is 53.4 Å². The Morgan fingerprint density at radius 3 is 2.31 bits per heavy atom. The molecule has 0 aliphatic rings. The molecule has 0 aliphatic heterocycles. The topological polar surface area (TPSA) is 62.2 Å². The molecule has 0 atom stereocenters. The van der Waals surface area contributed by atoms with Gasteiger partial charge in [-0.2, -0.15) is 0 Å². The molecule has 0 spiro atoms. The summed E-state index contributed by atoms with van der Waals surface area (Å²) in [6.07, 6.45) is 9.48. The van der Waals surface area contributed by atoms with Gasteiger partial charge in [0.1, 0.15) is 25.2 Å². The maximum absolute atomic E-state index is 6.03. The number of oxime groups is 1. The van der Waals surface area contributed by atoms with Crippen LogP contribution in [0.3, 0.4) is 0 Å². The number of ether oxygens (including phenoxy) is 3. The molecule has 2 aromatic rings. The molecule has 0 amide bonds. The molecule has 174 valence electrons. The first kappa shape index (κ1) is 25.2. The second kappa shape index (κ2) is 14.1. The van der Waals surface area contributed by atoms with Crippen molar-refractivity contribution in [2.75, 3.05) is 26.9 Å². The van der Waals surface area contributed by atoms with Crippen molar-refractivity contribution in [1.29, 1.82) is 0 Å². The fraction of sp³-hybridized carbons (Fsp3) is 0.462. The zero-order valence-corrected chi connectivity index (χ0v) is 20.0. The molecule has 1 heterocycles. The van der Waals surface area contributed by atoms with Crippen molar-refractivity contribution in [3.05, 3.63) is 59.3 Å². The fourth-order valence-electron chi connectivity index (χ4n) is 3.26. The van der Waals surface area contributed by atoms with E-state index in [0.29, 0.717) is 25.7 Å². The van der Waals surface area contributed by atoms with Gasteiger partial charge in [-0.15, -0.1) is 0 Å². The van der Waals surface area contributed by atoms with Crippen molar-refractivity contribution < 1.29 is 19.0 Å². The molecular formula is C26H36N2O4.